The molecule has 0 atom stereocenters. The van der Waals surface area contributed by atoms with Crippen LogP contribution in [0.3, 0.4) is 0 Å². The van der Waals surface area contributed by atoms with Crippen LogP contribution in [-0.2, 0) is 23.2 Å². The summed E-state index contributed by atoms with van der Waals surface area (Å²) in [4.78, 5) is 31.3. The Morgan fingerprint density at radius 1 is 0.800 bits per heavy atom. The minimum absolute atomic E-state index is 0.161. The molecule has 0 saturated heterocycles. The molecule has 8 bridgehead atoms. The van der Waals surface area contributed by atoms with Crippen LogP contribution in [0.5, 0.6) is 0 Å². The van der Waals surface area contributed by atoms with E-state index in [1.165, 1.54) is 5.56 Å². The number of H-pyrrole nitrogens is 2. The van der Waals surface area contributed by atoms with Gasteiger partial charge in [0, 0.05) is 57.4 Å². The number of aromatic amines is 2. The van der Waals surface area contributed by atoms with Gasteiger partial charge in [0.05, 0.1) is 17.0 Å². The molecular weight excluding hydrogens is 554 g/mol. The Hall–Kier alpha value is -5.23. The summed E-state index contributed by atoms with van der Waals surface area (Å²) < 4.78 is 0. The standard InChI is InChI=1S/C39H37N5O/c1-23-15-24(2)36(25(3)16-23)37-32-14-13-28(42-32)17-27-11-12-29(41-27)19-35-39(4,5)21-30(43-35)18-33-31(20-34(37)44-33)38(45)40-22-26-9-7-6-8-10-26/h6-20,41-42H,21-22H2,1-5H3,(H,40,45). The van der Waals surface area contributed by atoms with E-state index in [1.807, 2.05) is 42.5 Å². The van der Waals surface area contributed by atoms with Gasteiger partial charge in [0.15, 0.2) is 0 Å². The maximum absolute atomic E-state index is 13.9. The highest BCUT2D eigenvalue weighted by Crippen LogP contribution is 2.37. The van der Waals surface area contributed by atoms with E-state index in [9.17, 15) is 4.79 Å². The van der Waals surface area contributed by atoms with Crippen molar-refractivity contribution in [2.24, 2.45) is 0 Å². The number of hydrogen-bond acceptors (Lipinski definition) is 3. The number of carbonyl (C=O) groups is 1. The molecule has 3 N–H and O–H groups in total. The first-order valence-electron chi connectivity index (χ1n) is 15.5. The van der Waals surface area contributed by atoms with Gasteiger partial charge < -0.3 is 15.3 Å². The molecule has 3 aromatic heterocycles. The largest absolute Gasteiger partial charge is 0.355 e. The maximum atomic E-state index is 13.9. The number of amides is 1. The molecule has 5 heterocycles. The number of carbonyl (C=O) groups excluding carboxylic acids is 1. The van der Waals surface area contributed by atoms with Crippen LogP contribution in [0.1, 0.15) is 58.9 Å². The first-order valence-corrected chi connectivity index (χ1v) is 15.5. The van der Waals surface area contributed by atoms with E-state index in [-0.39, 0.29) is 11.3 Å². The van der Waals surface area contributed by atoms with Crippen LogP contribution in [0.15, 0.2) is 84.9 Å². The second kappa shape index (κ2) is 11.0. The van der Waals surface area contributed by atoms with Crippen molar-refractivity contribution in [3.8, 4) is 11.1 Å². The van der Waals surface area contributed by atoms with E-state index < -0.39 is 0 Å². The number of rotatable bonds is 4. The molecule has 224 valence electrons. The fraction of sp³-hybridized carbons (Fsp3) is 0.205. The summed E-state index contributed by atoms with van der Waals surface area (Å²) in [7, 11) is 0. The summed E-state index contributed by atoms with van der Waals surface area (Å²) in [6.45, 7) is 11.3. The molecule has 0 aliphatic carbocycles. The number of fused-ring (bicyclic) bond motifs is 8. The highest BCUT2D eigenvalue weighted by molar-refractivity contribution is 6.25. The topological polar surface area (TPSA) is 86.5 Å². The smallest absolute Gasteiger partial charge is 0.253 e. The zero-order valence-electron chi connectivity index (χ0n) is 26.4. The number of nitrogens with zero attached hydrogens (tertiary/aromatic N) is 2. The predicted molar refractivity (Wildman–Crippen MR) is 184 cm³/mol. The Kier molecular flexibility index (Phi) is 7.00. The maximum Gasteiger partial charge on any atom is 0.253 e. The SMILES string of the molecule is Cc1cc(C)c(-c2c3nc(cc4nc(cc5ccc(cc6ccc2[nH]6)[nH]5)C(C)(C)C4)C(C(=O)NCc2ccccc2)=C3)c(C)c1. The monoisotopic (exact) mass is 591 g/mol. The molecular formula is C39H37N5O. The lowest BCUT2D eigenvalue weighted by atomic mass is 9.87. The zero-order valence-corrected chi connectivity index (χ0v) is 26.4. The van der Waals surface area contributed by atoms with Crippen LogP contribution in [0.2, 0.25) is 0 Å². The van der Waals surface area contributed by atoms with Crippen molar-refractivity contribution in [2.75, 3.05) is 0 Å². The van der Waals surface area contributed by atoms with Gasteiger partial charge in [-0.3, -0.25) is 9.78 Å². The lowest BCUT2D eigenvalue weighted by molar-refractivity contribution is -0.115. The van der Waals surface area contributed by atoms with Crippen LogP contribution in [0.25, 0.3) is 44.8 Å². The zero-order chi connectivity index (χ0) is 31.3. The number of hydrogen-bond donors (Lipinski definition) is 3. The summed E-state index contributed by atoms with van der Waals surface area (Å²) >= 11 is 0. The number of aryl methyl sites for hydroxylation is 3. The first kappa shape index (κ1) is 28.5. The molecule has 0 unspecified atom stereocenters. The molecule has 6 nitrogen and oxygen atoms in total. The fourth-order valence-corrected chi connectivity index (χ4v) is 6.61. The van der Waals surface area contributed by atoms with Crippen molar-refractivity contribution in [1.82, 2.24) is 25.3 Å². The van der Waals surface area contributed by atoms with Crippen LogP contribution in [0, 0.1) is 20.8 Å². The van der Waals surface area contributed by atoms with E-state index in [2.05, 4.69) is 98.4 Å². The average molecular weight is 592 g/mol. The van der Waals surface area contributed by atoms with Crippen LogP contribution in [0.4, 0.5) is 0 Å². The van der Waals surface area contributed by atoms with Gasteiger partial charge >= 0.3 is 0 Å². The summed E-state index contributed by atoms with van der Waals surface area (Å²) in [6, 6.07) is 29.0. The Bertz CT molecular complexity index is 2140. The van der Waals surface area contributed by atoms with Gasteiger partial charge in [-0.25, -0.2) is 4.98 Å². The van der Waals surface area contributed by atoms with Crippen LogP contribution >= 0.6 is 0 Å². The molecule has 5 aromatic rings. The van der Waals surface area contributed by atoms with Gasteiger partial charge in [-0.2, -0.15) is 0 Å². The molecule has 45 heavy (non-hydrogen) atoms. The van der Waals surface area contributed by atoms with Crippen molar-refractivity contribution >= 4 is 39.6 Å². The van der Waals surface area contributed by atoms with Gasteiger partial charge in [0.1, 0.15) is 0 Å². The molecule has 6 heteroatoms. The molecule has 2 aromatic carbocycles. The lowest BCUT2D eigenvalue weighted by Gasteiger charge is -2.15. The fourth-order valence-electron chi connectivity index (χ4n) is 6.61. The second-order valence-corrected chi connectivity index (χ2v) is 12.9. The minimum Gasteiger partial charge on any atom is -0.355 e. The predicted octanol–water partition coefficient (Wildman–Crippen LogP) is 8.28. The van der Waals surface area contributed by atoms with Crippen molar-refractivity contribution in [1.29, 1.82) is 0 Å². The van der Waals surface area contributed by atoms with E-state index in [0.717, 1.165) is 73.4 Å². The summed E-state index contributed by atoms with van der Waals surface area (Å²) in [6.07, 6.45) is 2.69. The molecule has 0 spiro atoms. The normalized spacial score (nSPS) is 13.8. The molecule has 2 aliphatic heterocycles. The van der Waals surface area contributed by atoms with E-state index in [1.54, 1.807) is 0 Å². The quantitative estimate of drug-likeness (QED) is 0.197. The van der Waals surface area contributed by atoms with Gasteiger partial charge in [-0.05, 0) is 91.6 Å². The Morgan fingerprint density at radius 2 is 1.49 bits per heavy atom. The first-order chi connectivity index (χ1) is 21.6. The summed E-state index contributed by atoms with van der Waals surface area (Å²) in [5.41, 5.74) is 14.2. The van der Waals surface area contributed by atoms with E-state index in [4.69, 9.17) is 9.97 Å². The van der Waals surface area contributed by atoms with Gasteiger partial charge in [-0.1, -0.05) is 61.9 Å². The summed E-state index contributed by atoms with van der Waals surface area (Å²) in [5.74, 6) is -0.161. The van der Waals surface area contributed by atoms with Crippen molar-refractivity contribution in [2.45, 2.75) is 53.0 Å². The minimum atomic E-state index is -0.165. The number of benzene rings is 2. The Labute approximate surface area is 263 Å². The molecule has 0 saturated carbocycles. The summed E-state index contributed by atoms with van der Waals surface area (Å²) in [5, 5.41) is 3.13. The highest BCUT2D eigenvalue weighted by atomic mass is 16.1. The molecule has 0 fully saturated rings. The third-order valence-electron chi connectivity index (χ3n) is 8.72. The molecule has 2 aliphatic rings. The molecule has 0 radical (unpaired) electrons. The van der Waals surface area contributed by atoms with Crippen LogP contribution in [-0.4, -0.2) is 25.8 Å². The number of aromatic nitrogens is 4. The van der Waals surface area contributed by atoms with E-state index in [0.29, 0.717) is 17.8 Å². The van der Waals surface area contributed by atoms with Gasteiger partial charge in [0.2, 0.25) is 0 Å². The Balaban J connectivity index is 1.52. The Morgan fingerprint density at radius 3 is 2.24 bits per heavy atom. The lowest BCUT2D eigenvalue weighted by Crippen LogP contribution is -2.23. The van der Waals surface area contributed by atoms with Crippen molar-refractivity contribution < 1.29 is 4.79 Å². The van der Waals surface area contributed by atoms with E-state index >= 15 is 0 Å². The molecule has 1 amide bonds. The third kappa shape index (κ3) is 5.60. The third-order valence-corrected chi connectivity index (χ3v) is 8.72. The second-order valence-electron chi connectivity index (χ2n) is 12.9. The average Bonchev–Trinajstić information content (AvgIpc) is 3.78. The van der Waals surface area contributed by atoms with Crippen molar-refractivity contribution in [3.05, 3.63) is 130 Å². The van der Waals surface area contributed by atoms with Gasteiger partial charge in [0.25, 0.3) is 5.91 Å². The van der Waals surface area contributed by atoms with Gasteiger partial charge in [-0.15, -0.1) is 0 Å². The van der Waals surface area contributed by atoms with Crippen LogP contribution < -0.4 is 5.32 Å². The number of nitrogens with one attached hydrogen (secondary N) is 3. The highest BCUT2D eigenvalue weighted by Gasteiger charge is 2.30. The van der Waals surface area contributed by atoms with Crippen molar-refractivity contribution in [3.63, 3.8) is 0 Å². The molecule has 7 rings (SSSR count).